The first-order valence-electron chi connectivity index (χ1n) is 10.6. The molecule has 31 heavy (non-hydrogen) atoms. The van der Waals surface area contributed by atoms with Crippen LogP contribution >= 0.6 is 12.4 Å². The van der Waals surface area contributed by atoms with Crippen molar-refractivity contribution < 1.29 is 9.53 Å². The summed E-state index contributed by atoms with van der Waals surface area (Å²) >= 11 is 0. The number of nitrogens with two attached hydrogens (primary N) is 1. The van der Waals surface area contributed by atoms with E-state index in [4.69, 9.17) is 15.9 Å². The van der Waals surface area contributed by atoms with E-state index in [-0.39, 0.29) is 42.0 Å². The standard InChI is InChI=1S/C22H31N5O3.ClH/c1-14(2)30-20(28)13-6-16-4-9-18(10-5-16)26-15(3)25-27(22(26)29)19-11-7-17(8-12-19)21(23)24;/h7-8,11-12,14,16,18H,4-6,9-10,13H2,1-3H3,(H3,23,24);1H. The van der Waals surface area contributed by atoms with E-state index in [1.165, 1.54) is 4.68 Å². The van der Waals surface area contributed by atoms with Gasteiger partial charge in [-0.05, 0) is 83.1 Å². The highest BCUT2D eigenvalue weighted by molar-refractivity contribution is 5.95. The van der Waals surface area contributed by atoms with E-state index in [1.807, 2.05) is 20.8 Å². The number of benzene rings is 1. The Hall–Kier alpha value is -2.61. The number of nitrogens with one attached hydrogen (secondary N) is 1. The molecule has 1 heterocycles. The fraction of sp³-hybridized carbons (Fsp3) is 0.545. The number of amidine groups is 1. The zero-order valence-electron chi connectivity index (χ0n) is 18.3. The minimum atomic E-state index is -0.146. The van der Waals surface area contributed by atoms with Gasteiger partial charge in [-0.2, -0.15) is 9.78 Å². The molecule has 1 aliphatic rings. The van der Waals surface area contributed by atoms with E-state index in [9.17, 15) is 9.59 Å². The molecule has 9 heteroatoms. The number of aryl methyl sites for hydroxylation is 1. The molecule has 1 aliphatic carbocycles. The van der Waals surface area contributed by atoms with Crippen molar-refractivity contribution >= 4 is 24.2 Å². The third-order valence-electron chi connectivity index (χ3n) is 5.71. The minimum absolute atomic E-state index is 0. The number of halogens is 1. The van der Waals surface area contributed by atoms with Crippen LogP contribution in [0.15, 0.2) is 29.1 Å². The molecule has 1 saturated carbocycles. The molecule has 0 spiro atoms. The van der Waals surface area contributed by atoms with Crippen molar-refractivity contribution in [3.8, 4) is 5.69 Å². The molecule has 0 aliphatic heterocycles. The predicted octanol–water partition coefficient (Wildman–Crippen LogP) is 3.51. The monoisotopic (exact) mass is 449 g/mol. The normalized spacial score (nSPS) is 18.5. The van der Waals surface area contributed by atoms with Crippen molar-refractivity contribution in [1.29, 1.82) is 5.41 Å². The van der Waals surface area contributed by atoms with Crippen LogP contribution in [0.1, 0.15) is 69.8 Å². The van der Waals surface area contributed by atoms with Crippen molar-refractivity contribution in [2.45, 2.75) is 71.4 Å². The molecular weight excluding hydrogens is 418 g/mol. The maximum atomic E-state index is 13.0. The minimum Gasteiger partial charge on any atom is -0.463 e. The van der Waals surface area contributed by atoms with Gasteiger partial charge in [0.1, 0.15) is 11.7 Å². The highest BCUT2D eigenvalue weighted by Gasteiger charge is 2.26. The average molecular weight is 450 g/mol. The van der Waals surface area contributed by atoms with Crippen LogP contribution in [0.3, 0.4) is 0 Å². The first kappa shape index (κ1) is 24.7. The largest absolute Gasteiger partial charge is 0.463 e. The third-order valence-corrected chi connectivity index (χ3v) is 5.71. The van der Waals surface area contributed by atoms with Crippen molar-refractivity contribution in [2.75, 3.05) is 0 Å². The maximum absolute atomic E-state index is 13.0. The molecule has 0 bridgehead atoms. The van der Waals surface area contributed by atoms with Crippen LogP contribution in [-0.2, 0) is 9.53 Å². The van der Waals surface area contributed by atoms with Gasteiger partial charge in [-0.25, -0.2) is 4.79 Å². The summed E-state index contributed by atoms with van der Waals surface area (Å²) in [6.45, 7) is 5.58. The Kier molecular flexibility index (Phi) is 8.44. The van der Waals surface area contributed by atoms with E-state index < -0.39 is 0 Å². The lowest BCUT2D eigenvalue weighted by Gasteiger charge is -2.29. The molecule has 0 atom stereocenters. The van der Waals surface area contributed by atoms with Crippen LogP contribution in [0.5, 0.6) is 0 Å². The molecule has 0 amide bonds. The topological polar surface area (TPSA) is 116 Å². The molecule has 1 aromatic heterocycles. The quantitative estimate of drug-likeness (QED) is 0.381. The van der Waals surface area contributed by atoms with Gasteiger partial charge >= 0.3 is 11.7 Å². The smallest absolute Gasteiger partial charge is 0.350 e. The summed E-state index contributed by atoms with van der Waals surface area (Å²) in [7, 11) is 0. The second kappa shape index (κ2) is 10.6. The van der Waals surface area contributed by atoms with E-state index in [1.54, 1.807) is 28.8 Å². The number of nitrogen functional groups attached to an aromatic ring is 1. The number of ether oxygens (including phenoxy) is 1. The zero-order valence-corrected chi connectivity index (χ0v) is 19.2. The number of hydrogen-bond acceptors (Lipinski definition) is 5. The van der Waals surface area contributed by atoms with E-state index in [2.05, 4.69) is 5.10 Å². The fourth-order valence-electron chi connectivity index (χ4n) is 4.18. The van der Waals surface area contributed by atoms with Gasteiger partial charge in [-0.15, -0.1) is 12.4 Å². The van der Waals surface area contributed by atoms with Gasteiger partial charge in [0.15, 0.2) is 0 Å². The lowest BCUT2D eigenvalue weighted by atomic mass is 9.83. The highest BCUT2D eigenvalue weighted by Crippen LogP contribution is 2.34. The van der Waals surface area contributed by atoms with Crippen LogP contribution in [0.2, 0.25) is 0 Å². The zero-order chi connectivity index (χ0) is 21.8. The second-order valence-corrected chi connectivity index (χ2v) is 8.32. The van der Waals surface area contributed by atoms with Gasteiger partial charge in [-0.3, -0.25) is 14.8 Å². The number of aromatic nitrogens is 3. The van der Waals surface area contributed by atoms with E-state index in [0.717, 1.165) is 32.1 Å². The molecule has 1 fully saturated rings. The summed E-state index contributed by atoms with van der Waals surface area (Å²) in [4.78, 5) is 24.8. The van der Waals surface area contributed by atoms with Gasteiger partial charge in [0.25, 0.3) is 0 Å². The van der Waals surface area contributed by atoms with E-state index >= 15 is 0 Å². The summed E-state index contributed by atoms with van der Waals surface area (Å²) in [6.07, 6.45) is 5.01. The van der Waals surface area contributed by atoms with Crippen molar-refractivity contribution in [2.24, 2.45) is 11.7 Å². The van der Waals surface area contributed by atoms with Gasteiger partial charge in [0.05, 0.1) is 11.8 Å². The molecule has 0 radical (unpaired) electrons. The molecule has 1 aromatic carbocycles. The Bertz CT molecular complexity index is 957. The Labute approximate surface area is 188 Å². The summed E-state index contributed by atoms with van der Waals surface area (Å²) in [5, 5.41) is 11.9. The maximum Gasteiger partial charge on any atom is 0.350 e. The van der Waals surface area contributed by atoms with Crippen LogP contribution in [0.4, 0.5) is 0 Å². The molecule has 0 unspecified atom stereocenters. The Morgan fingerprint density at radius 1 is 1.23 bits per heavy atom. The number of carbonyl (C=O) groups is 1. The van der Waals surface area contributed by atoms with Crippen LogP contribution < -0.4 is 11.4 Å². The fourth-order valence-corrected chi connectivity index (χ4v) is 4.18. The summed E-state index contributed by atoms with van der Waals surface area (Å²) in [6, 6.07) is 7.06. The number of esters is 1. The molecule has 3 rings (SSSR count). The van der Waals surface area contributed by atoms with Gasteiger partial charge in [-0.1, -0.05) is 0 Å². The average Bonchev–Trinajstić information content (AvgIpc) is 3.00. The highest BCUT2D eigenvalue weighted by atomic mass is 35.5. The lowest BCUT2D eigenvalue weighted by Crippen LogP contribution is -2.30. The molecule has 3 N–H and O–H groups in total. The molecular formula is C22H32ClN5O3. The van der Waals surface area contributed by atoms with Crippen LogP contribution in [0.25, 0.3) is 5.69 Å². The third kappa shape index (κ3) is 5.97. The molecule has 170 valence electrons. The van der Waals surface area contributed by atoms with Crippen molar-refractivity contribution in [3.05, 3.63) is 46.1 Å². The number of hydrogen-bond donors (Lipinski definition) is 2. The lowest BCUT2D eigenvalue weighted by molar-refractivity contribution is -0.147. The number of nitrogens with zero attached hydrogens (tertiary/aromatic N) is 3. The van der Waals surface area contributed by atoms with Crippen LogP contribution in [0, 0.1) is 18.3 Å². The summed E-state index contributed by atoms with van der Waals surface area (Å²) < 4.78 is 8.42. The number of rotatable bonds is 7. The predicted molar refractivity (Wildman–Crippen MR) is 122 cm³/mol. The summed E-state index contributed by atoms with van der Waals surface area (Å²) in [5.41, 5.74) is 6.62. The van der Waals surface area contributed by atoms with Gasteiger partial charge in [0, 0.05) is 18.0 Å². The first-order chi connectivity index (χ1) is 14.3. The molecule has 2 aromatic rings. The Balaban J connectivity index is 0.00000341. The second-order valence-electron chi connectivity index (χ2n) is 8.32. The Morgan fingerprint density at radius 3 is 2.39 bits per heavy atom. The number of carbonyl (C=O) groups excluding carboxylic acids is 1. The molecule has 8 nitrogen and oxygen atoms in total. The Morgan fingerprint density at radius 2 is 1.84 bits per heavy atom. The van der Waals surface area contributed by atoms with E-state index in [0.29, 0.717) is 29.4 Å². The van der Waals surface area contributed by atoms with Crippen molar-refractivity contribution in [1.82, 2.24) is 14.3 Å². The van der Waals surface area contributed by atoms with Crippen LogP contribution in [-0.4, -0.2) is 32.3 Å². The first-order valence-corrected chi connectivity index (χ1v) is 10.6. The SMILES string of the molecule is Cc1nn(-c2ccc(C(=N)N)cc2)c(=O)n1C1CCC(CCC(=O)OC(C)C)CC1.Cl. The summed E-state index contributed by atoms with van der Waals surface area (Å²) in [5.74, 6) is 1.05. The van der Waals surface area contributed by atoms with Gasteiger partial charge in [0.2, 0.25) is 0 Å². The van der Waals surface area contributed by atoms with Crippen molar-refractivity contribution in [3.63, 3.8) is 0 Å². The van der Waals surface area contributed by atoms with Gasteiger partial charge < -0.3 is 10.5 Å². The molecule has 0 saturated heterocycles.